The number of rotatable bonds is 5. The van der Waals surface area contributed by atoms with Gasteiger partial charge in [0.15, 0.2) is 0 Å². The van der Waals surface area contributed by atoms with Crippen molar-refractivity contribution >= 4 is 17.3 Å². The first-order chi connectivity index (χ1) is 10.1. The quantitative estimate of drug-likeness (QED) is 0.889. The minimum Gasteiger partial charge on any atom is -0.497 e. The van der Waals surface area contributed by atoms with Crippen LogP contribution in [-0.4, -0.2) is 18.8 Å². The lowest BCUT2D eigenvalue weighted by Crippen LogP contribution is -2.13. The zero-order chi connectivity index (χ0) is 15.2. The lowest BCUT2D eigenvalue weighted by Gasteiger charge is -2.15. The summed E-state index contributed by atoms with van der Waals surface area (Å²) in [6, 6.07) is 14.3. The standard InChI is InChI=1S/C16H15ClN2O2/c1-21-14-4-2-3-11(7-14)16(20)10-19-15-8-13(17)6-5-12(15)9-18/h2-8,16,19-20H,10H2,1H3. The van der Waals surface area contributed by atoms with E-state index in [9.17, 15) is 5.11 Å². The van der Waals surface area contributed by atoms with Crippen molar-refractivity contribution in [3.05, 3.63) is 58.6 Å². The van der Waals surface area contributed by atoms with E-state index in [-0.39, 0.29) is 6.54 Å². The van der Waals surface area contributed by atoms with Gasteiger partial charge in [0.1, 0.15) is 11.8 Å². The molecule has 0 aliphatic carbocycles. The largest absolute Gasteiger partial charge is 0.497 e. The van der Waals surface area contributed by atoms with Crippen LogP contribution in [0.5, 0.6) is 5.75 Å². The molecule has 0 saturated heterocycles. The molecule has 0 radical (unpaired) electrons. The molecule has 4 nitrogen and oxygen atoms in total. The fourth-order valence-corrected chi connectivity index (χ4v) is 2.11. The van der Waals surface area contributed by atoms with Crippen LogP contribution < -0.4 is 10.1 Å². The maximum Gasteiger partial charge on any atom is 0.119 e. The molecule has 0 aromatic heterocycles. The van der Waals surface area contributed by atoms with E-state index in [0.717, 1.165) is 5.56 Å². The van der Waals surface area contributed by atoms with Gasteiger partial charge in [0.25, 0.3) is 0 Å². The van der Waals surface area contributed by atoms with Gasteiger partial charge in [-0.3, -0.25) is 0 Å². The smallest absolute Gasteiger partial charge is 0.119 e. The van der Waals surface area contributed by atoms with Gasteiger partial charge in [0.05, 0.1) is 24.5 Å². The number of hydrogen-bond donors (Lipinski definition) is 2. The molecule has 2 N–H and O–H groups in total. The molecule has 0 saturated carbocycles. The van der Waals surface area contributed by atoms with Crippen LogP contribution in [0.3, 0.4) is 0 Å². The SMILES string of the molecule is COc1cccc(C(O)CNc2cc(Cl)ccc2C#N)c1. The van der Waals surface area contributed by atoms with Gasteiger partial charge in [-0.1, -0.05) is 23.7 Å². The van der Waals surface area contributed by atoms with E-state index in [1.165, 1.54) is 0 Å². The number of methoxy groups -OCH3 is 1. The number of anilines is 1. The van der Waals surface area contributed by atoms with Crippen LogP contribution in [0.15, 0.2) is 42.5 Å². The van der Waals surface area contributed by atoms with Crippen LogP contribution in [0, 0.1) is 11.3 Å². The summed E-state index contributed by atoms with van der Waals surface area (Å²) in [5.41, 5.74) is 1.83. The maximum atomic E-state index is 10.2. The highest BCUT2D eigenvalue weighted by molar-refractivity contribution is 6.30. The molecule has 5 heteroatoms. The zero-order valence-electron chi connectivity index (χ0n) is 11.5. The lowest BCUT2D eigenvalue weighted by atomic mass is 10.1. The number of aliphatic hydroxyl groups is 1. The predicted molar refractivity (Wildman–Crippen MR) is 82.6 cm³/mol. The van der Waals surface area contributed by atoms with Crippen molar-refractivity contribution in [2.24, 2.45) is 0 Å². The molecule has 2 aromatic rings. The topological polar surface area (TPSA) is 65.3 Å². The predicted octanol–water partition coefficient (Wildman–Crippen LogP) is 3.37. The zero-order valence-corrected chi connectivity index (χ0v) is 12.3. The molecular formula is C16H15ClN2O2. The van der Waals surface area contributed by atoms with Crippen LogP contribution in [-0.2, 0) is 0 Å². The van der Waals surface area contributed by atoms with Gasteiger partial charge >= 0.3 is 0 Å². The first-order valence-electron chi connectivity index (χ1n) is 6.39. The van der Waals surface area contributed by atoms with Crippen molar-refractivity contribution in [1.29, 1.82) is 5.26 Å². The second-order valence-corrected chi connectivity index (χ2v) is 4.91. The van der Waals surface area contributed by atoms with Gasteiger partial charge in [-0.2, -0.15) is 5.26 Å². The first kappa shape index (κ1) is 15.2. The summed E-state index contributed by atoms with van der Waals surface area (Å²) in [6.45, 7) is 0.266. The molecule has 0 fully saturated rings. The maximum absolute atomic E-state index is 10.2. The number of nitriles is 1. The molecule has 0 amide bonds. The van der Waals surface area contributed by atoms with E-state index < -0.39 is 6.10 Å². The molecular weight excluding hydrogens is 288 g/mol. The van der Waals surface area contributed by atoms with Gasteiger partial charge < -0.3 is 15.2 Å². The van der Waals surface area contributed by atoms with Crippen molar-refractivity contribution in [1.82, 2.24) is 0 Å². The summed E-state index contributed by atoms with van der Waals surface area (Å²) in [7, 11) is 1.58. The van der Waals surface area contributed by atoms with Gasteiger partial charge in [-0.15, -0.1) is 0 Å². The molecule has 1 unspecified atom stereocenters. The molecule has 0 aliphatic rings. The van der Waals surface area contributed by atoms with Gasteiger partial charge in [-0.25, -0.2) is 0 Å². The lowest BCUT2D eigenvalue weighted by molar-refractivity contribution is 0.191. The average molecular weight is 303 g/mol. The molecule has 2 aromatic carbocycles. The second-order valence-electron chi connectivity index (χ2n) is 4.48. The van der Waals surface area contributed by atoms with E-state index >= 15 is 0 Å². The Kier molecular flexibility index (Phi) is 5.04. The molecule has 108 valence electrons. The Balaban J connectivity index is 2.09. The van der Waals surface area contributed by atoms with Crippen LogP contribution >= 0.6 is 11.6 Å². The van der Waals surface area contributed by atoms with Crippen molar-refractivity contribution in [2.45, 2.75) is 6.10 Å². The van der Waals surface area contributed by atoms with Gasteiger partial charge in [0, 0.05) is 11.6 Å². The van der Waals surface area contributed by atoms with Gasteiger partial charge in [0.2, 0.25) is 0 Å². The van der Waals surface area contributed by atoms with Crippen molar-refractivity contribution in [3.63, 3.8) is 0 Å². The van der Waals surface area contributed by atoms with Crippen LogP contribution in [0.25, 0.3) is 0 Å². The van der Waals surface area contributed by atoms with E-state index in [4.69, 9.17) is 21.6 Å². The molecule has 21 heavy (non-hydrogen) atoms. The summed E-state index contributed by atoms with van der Waals surface area (Å²) in [4.78, 5) is 0. The van der Waals surface area contributed by atoms with Crippen LogP contribution in [0.2, 0.25) is 5.02 Å². The van der Waals surface area contributed by atoms with Gasteiger partial charge in [-0.05, 0) is 35.9 Å². The summed E-state index contributed by atoms with van der Waals surface area (Å²) in [5.74, 6) is 0.687. The summed E-state index contributed by atoms with van der Waals surface area (Å²) >= 11 is 5.92. The molecule has 0 heterocycles. The second kappa shape index (κ2) is 6.98. The fourth-order valence-electron chi connectivity index (χ4n) is 1.93. The van der Waals surface area contributed by atoms with Crippen molar-refractivity contribution < 1.29 is 9.84 Å². The Hall–Kier alpha value is -2.22. The van der Waals surface area contributed by atoms with E-state index in [1.807, 2.05) is 18.2 Å². The minimum atomic E-state index is -0.717. The number of nitrogens with zero attached hydrogens (tertiary/aromatic N) is 1. The first-order valence-corrected chi connectivity index (χ1v) is 6.77. The Morgan fingerprint density at radius 2 is 2.14 bits per heavy atom. The Bertz CT molecular complexity index is 668. The number of nitrogens with one attached hydrogen (secondary N) is 1. The van der Waals surface area contributed by atoms with E-state index in [2.05, 4.69) is 11.4 Å². The van der Waals surface area contributed by atoms with Crippen LogP contribution in [0.1, 0.15) is 17.2 Å². The fraction of sp³-hybridized carbons (Fsp3) is 0.188. The average Bonchev–Trinajstić information content (AvgIpc) is 2.52. The van der Waals surface area contributed by atoms with Crippen molar-refractivity contribution in [2.75, 3.05) is 19.0 Å². The normalized spacial score (nSPS) is 11.5. The third-order valence-corrected chi connectivity index (χ3v) is 3.30. The monoisotopic (exact) mass is 302 g/mol. The van der Waals surface area contributed by atoms with E-state index in [1.54, 1.807) is 31.4 Å². The molecule has 1 atom stereocenters. The summed E-state index contributed by atoms with van der Waals surface area (Å²) in [5, 5.41) is 22.8. The van der Waals surface area contributed by atoms with Crippen molar-refractivity contribution in [3.8, 4) is 11.8 Å². The molecule has 0 spiro atoms. The number of ether oxygens (including phenoxy) is 1. The third kappa shape index (κ3) is 3.88. The van der Waals surface area contributed by atoms with E-state index in [0.29, 0.717) is 22.0 Å². The number of aliphatic hydroxyl groups excluding tert-OH is 1. The Morgan fingerprint density at radius 1 is 1.33 bits per heavy atom. The number of halogens is 1. The number of benzene rings is 2. The molecule has 0 aliphatic heterocycles. The third-order valence-electron chi connectivity index (χ3n) is 3.07. The number of hydrogen-bond acceptors (Lipinski definition) is 4. The molecule has 0 bridgehead atoms. The summed E-state index contributed by atoms with van der Waals surface area (Å²) < 4.78 is 5.13. The summed E-state index contributed by atoms with van der Waals surface area (Å²) in [6.07, 6.45) is -0.717. The highest BCUT2D eigenvalue weighted by Gasteiger charge is 2.10. The highest BCUT2D eigenvalue weighted by Crippen LogP contribution is 2.23. The van der Waals surface area contributed by atoms with Crippen LogP contribution in [0.4, 0.5) is 5.69 Å². The highest BCUT2D eigenvalue weighted by atomic mass is 35.5. The Labute approximate surface area is 128 Å². The minimum absolute atomic E-state index is 0.266. The molecule has 2 rings (SSSR count). The Morgan fingerprint density at radius 3 is 2.86 bits per heavy atom.